The van der Waals surface area contributed by atoms with Gasteiger partial charge in [0, 0.05) is 17.1 Å². The van der Waals surface area contributed by atoms with Crippen molar-refractivity contribution in [3.05, 3.63) is 46.7 Å². The Kier molecular flexibility index (Phi) is 3.10. The molecule has 0 radical (unpaired) electrons. The molecule has 94 valence electrons. The van der Waals surface area contributed by atoms with Gasteiger partial charge in [-0.05, 0) is 49.6 Å². The molecule has 4 heteroatoms. The molecule has 1 aromatic heterocycles. The molecule has 1 fully saturated rings. The Balaban J connectivity index is 1.99. The first-order chi connectivity index (χ1) is 8.78. The molecule has 0 aliphatic heterocycles. The van der Waals surface area contributed by atoms with Crippen LogP contribution in [0.5, 0.6) is 0 Å². The fourth-order valence-electron chi connectivity index (χ4n) is 2.19. The molecule has 3 rings (SSSR count). The summed E-state index contributed by atoms with van der Waals surface area (Å²) in [4.78, 5) is 0. The van der Waals surface area contributed by atoms with Gasteiger partial charge in [0.05, 0.1) is 11.4 Å². The Hall–Kier alpha value is -1.32. The molecule has 1 aliphatic rings. The second kappa shape index (κ2) is 4.75. The van der Waals surface area contributed by atoms with E-state index >= 15 is 0 Å². The van der Waals surface area contributed by atoms with Crippen molar-refractivity contribution in [2.24, 2.45) is 5.73 Å². The molecule has 0 atom stereocenters. The van der Waals surface area contributed by atoms with Gasteiger partial charge < -0.3 is 5.73 Å². The van der Waals surface area contributed by atoms with Crippen molar-refractivity contribution in [3.63, 3.8) is 0 Å². The van der Waals surface area contributed by atoms with E-state index in [9.17, 15) is 0 Å². The van der Waals surface area contributed by atoms with Crippen molar-refractivity contribution in [2.45, 2.75) is 25.2 Å². The van der Waals surface area contributed by atoms with Crippen molar-refractivity contribution in [2.75, 3.05) is 6.54 Å². The Bertz CT molecular complexity index is 558. The number of benzene rings is 1. The zero-order valence-corrected chi connectivity index (χ0v) is 10.9. The van der Waals surface area contributed by atoms with E-state index in [1.807, 2.05) is 29.1 Å². The standard InChI is InChI=1S/C14H16ClN3/c15-12-4-3-11(5-7-16)14(9-12)18-8-6-13(17-18)10-1-2-10/h3-4,6,8-10H,1-2,5,7,16H2. The first-order valence-electron chi connectivity index (χ1n) is 6.32. The van der Waals surface area contributed by atoms with E-state index in [4.69, 9.17) is 17.3 Å². The molecule has 1 aromatic carbocycles. The molecular formula is C14H16ClN3. The largest absolute Gasteiger partial charge is 0.330 e. The summed E-state index contributed by atoms with van der Waals surface area (Å²) in [6, 6.07) is 7.99. The number of rotatable bonds is 4. The van der Waals surface area contributed by atoms with Crippen LogP contribution in [0.25, 0.3) is 5.69 Å². The maximum atomic E-state index is 6.08. The average molecular weight is 262 g/mol. The predicted octanol–water partition coefficient (Wildman–Crippen LogP) is 2.90. The summed E-state index contributed by atoms with van der Waals surface area (Å²) in [5, 5.41) is 5.37. The van der Waals surface area contributed by atoms with E-state index in [0.717, 1.165) is 17.1 Å². The third kappa shape index (κ3) is 2.28. The fraction of sp³-hybridized carbons (Fsp3) is 0.357. The van der Waals surface area contributed by atoms with Gasteiger partial charge in [-0.3, -0.25) is 0 Å². The normalized spacial score (nSPS) is 15.0. The van der Waals surface area contributed by atoms with Crippen LogP contribution >= 0.6 is 11.6 Å². The summed E-state index contributed by atoms with van der Waals surface area (Å²) in [5.74, 6) is 0.670. The van der Waals surface area contributed by atoms with E-state index in [2.05, 4.69) is 11.2 Å². The molecule has 1 aliphatic carbocycles. The van der Waals surface area contributed by atoms with Crippen LogP contribution in [0.15, 0.2) is 30.5 Å². The monoisotopic (exact) mass is 261 g/mol. The Morgan fingerprint density at radius 3 is 2.89 bits per heavy atom. The quantitative estimate of drug-likeness (QED) is 0.920. The lowest BCUT2D eigenvalue weighted by atomic mass is 10.1. The smallest absolute Gasteiger partial charge is 0.0692 e. The SMILES string of the molecule is NCCc1ccc(Cl)cc1-n1ccc(C2CC2)n1. The van der Waals surface area contributed by atoms with Crippen molar-refractivity contribution in [3.8, 4) is 5.69 Å². The van der Waals surface area contributed by atoms with E-state index in [1.165, 1.54) is 24.1 Å². The minimum absolute atomic E-state index is 0.630. The van der Waals surface area contributed by atoms with Crippen molar-refractivity contribution in [1.29, 1.82) is 0 Å². The Morgan fingerprint density at radius 1 is 1.33 bits per heavy atom. The van der Waals surface area contributed by atoms with Gasteiger partial charge >= 0.3 is 0 Å². The highest BCUT2D eigenvalue weighted by molar-refractivity contribution is 6.30. The highest BCUT2D eigenvalue weighted by Gasteiger charge is 2.26. The van der Waals surface area contributed by atoms with Gasteiger partial charge in [-0.2, -0.15) is 5.10 Å². The number of hydrogen-bond donors (Lipinski definition) is 1. The van der Waals surface area contributed by atoms with Crippen molar-refractivity contribution < 1.29 is 0 Å². The molecule has 0 saturated heterocycles. The molecular weight excluding hydrogens is 246 g/mol. The minimum atomic E-state index is 0.630. The summed E-state index contributed by atoms with van der Waals surface area (Å²) < 4.78 is 1.92. The first-order valence-corrected chi connectivity index (χ1v) is 6.70. The summed E-state index contributed by atoms with van der Waals surface area (Å²) >= 11 is 6.08. The van der Waals surface area contributed by atoms with E-state index in [-0.39, 0.29) is 0 Å². The van der Waals surface area contributed by atoms with E-state index < -0.39 is 0 Å². The van der Waals surface area contributed by atoms with E-state index in [1.54, 1.807) is 0 Å². The molecule has 0 unspecified atom stereocenters. The van der Waals surface area contributed by atoms with Crippen LogP contribution in [0.1, 0.15) is 30.0 Å². The molecule has 1 heterocycles. The summed E-state index contributed by atoms with van der Waals surface area (Å²) in [6.07, 6.45) is 5.38. The summed E-state index contributed by atoms with van der Waals surface area (Å²) in [5.41, 5.74) is 9.06. The minimum Gasteiger partial charge on any atom is -0.330 e. The van der Waals surface area contributed by atoms with Gasteiger partial charge in [-0.25, -0.2) is 4.68 Å². The lowest BCUT2D eigenvalue weighted by Crippen LogP contribution is -2.07. The predicted molar refractivity (Wildman–Crippen MR) is 73.3 cm³/mol. The second-order valence-corrected chi connectivity index (χ2v) is 5.21. The number of halogens is 1. The highest BCUT2D eigenvalue weighted by Crippen LogP contribution is 2.39. The number of nitrogens with zero attached hydrogens (tertiary/aromatic N) is 2. The van der Waals surface area contributed by atoms with Gasteiger partial charge in [0.25, 0.3) is 0 Å². The van der Waals surface area contributed by atoms with Gasteiger partial charge in [0.2, 0.25) is 0 Å². The third-order valence-electron chi connectivity index (χ3n) is 3.31. The lowest BCUT2D eigenvalue weighted by Gasteiger charge is -2.09. The van der Waals surface area contributed by atoms with Gasteiger partial charge in [-0.1, -0.05) is 17.7 Å². The zero-order chi connectivity index (χ0) is 12.5. The highest BCUT2D eigenvalue weighted by atomic mass is 35.5. The maximum absolute atomic E-state index is 6.08. The molecule has 0 amide bonds. The van der Waals surface area contributed by atoms with Crippen molar-refractivity contribution in [1.82, 2.24) is 9.78 Å². The van der Waals surface area contributed by atoms with Crippen LogP contribution < -0.4 is 5.73 Å². The summed E-state index contributed by atoms with van der Waals surface area (Å²) in [6.45, 7) is 0.630. The Morgan fingerprint density at radius 2 is 2.17 bits per heavy atom. The lowest BCUT2D eigenvalue weighted by molar-refractivity contribution is 0.819. The first kappa shape index (κ1) is 11.8. The number of nitrogens with two attached hydrogens (primary N) is 1. The molecule has 18 heavy (non-hydrogen) atoms. The third-order valence-corrected chi connectivity index (χ3v) is 3.55. The van der Waals surface area contributed by atoms with E-state index in [0.29, 0.717) is 12.5 Å². The second-order valence-electron chi connectivity index (χ2n) is 4.77. The molecule has 1 saturated carbocycles. The molecule has 0 bridgehead atoms. The average Bonchev–Trinajstić information content (AvgIpc) is 3.10. The molecule has 2 N–H and O–H groups in total. The summed E-state index contributed by atoms with van der Waals surface area (Å²) in [7, 11) is 0. The maximum Gasteiger partial charge on any atom is 0.0692 e. The molecule has 0 spiro atoms. The number of aromatic nitrogens is 2. The van der Waals surface area contributed by atoms with Gasteiger partial charge in [0.1, 0.15) is 0 Å². The van der Waals surface area contributed by atoms with Crippen LogP contribution in [0.2, 0.25) is 5.02 Å². The van der Waals surface area contributed by atoms with Crippen LogP contribution in [0.3, 0.4) is 0 Å². The van der Waals surface area contributed by atoms with Crippen molar-refractivity contribution >= 4 is 11.6 Å². The number of hydrogen-bond acceptors (Lipinski definition) is 2. The molecule has 3 nitrogen and oxygen atoms in total. The van der Waals surface area contributed by atoms with Gasteiger partial charge in [-0.15, -0.1) is 0 Å². The topological polar surface area (TPSA) is 43.8 Å². The van der Waals surface area contributed by atoms with Crippen LogP contribution in [-0.2, 0) is 6.42 Å². The fourth-order valence-corrected chi connectivity index (χ4v) is 2.35. The van der Waals surface area contributed by atoms with Crippen LogP contribution in [0, 0.1) is 0 Å². The van der Waals surface area contributed by atoms with Gasteiger partial charge in [0.15, 0.2) is 0 Å². The molecule has 2 aromatic rings. The van der Waals surface area contributed by atoms with Crippen LogP contribution in [0.4, 0.5) is 0 Å². The zero-order valence-electron chi connectivity index (χ0n) is 10.1. The van der Waals surface area contributed by atoms with Crippen LogP contribution in [-0.4, -0.2) is 16.3 Å². The Labute approximate surface area is 112 Å².